The second kappa shape index (κ2) is 4.99. The SMILES string of the molecule is CCOc1nc2ccccc2n1CCOC. The number of hydrogen-bond acceptors (Lipinski definition) is 3. The van der Waals surface area contributed by atoms with E-state index in [1.165, 1.54) is 0 Å². The first-order valence-corrected chi connectivity index (χ1v) is 5.43. The van der Waals surface area contributed by atoms with E-state index in [9.17, 15) is 0 Å². The highest BCUT2D eigenvalue weighted by atomic mass is 16.5. The van der Waals surface area contributed by atoms with E-state index in [4.69, 9.17) is 9.47 Å². The molecule has 2 aromatic rings. The second-order valence-electron chi connectivity index (χ2n) is 3.46. The highest BCUT2D eigenvalue weighted by Gasteiger charge is 2.10. The van der Waals surface area contributed by atoms with Crippen molar-refractivity contribution in [2.75, 3.05) is 20.3 Å². The summed E-state index contributed by atoms with van der Waals surface area (Å²) >= 11 is 0. The van der Waals surface area contributed by atoms with Crippen LogP contribution in [-0.4, -0.2) is 29.9 Å². The maximum Gasteiger partial charge on any atom is 0.297 e. The van der Waals surface area contributed by atoms with E-state index in [1.54, 1.807) is 7.11 Å². The van der Waals surface area contributed by atoms with Crippen LogP contribution in [0.5, 0.6) is 6.01 Å². The molecule has 2 rings (SSSR count). The number of ether oxygens (including phenoxy) is 2. The molecular weight excluding hydrogens is 204 g/mol. The summed E-state index contributed by atoms with van der Waals surface area (Å²) in [4.78, 5) is 4.44. The van der Waals surface area contributed by atoms with Crippen molar-refractivity contribution in [2.24, 2.45) is 0 Å². The largest absolute Gasteiger partial charge is 0.465 e. The number of benzene rings is 1. The number of para-hydroxylation sites is 2. The predicted molar refractivity (Wildman–Crippen MR) is 62.8 cm³/mol. The van der Waals surface area contributed by atoms with Crippen LogP contribution < -0.4 is 4.74 Å². The molecule has 0 amide bonds. The fraction of sp³-hybridized carbons (Fsp3) is 0.417. The molecule has 16 heavy (non-hydrogen) atoms. The molecule has 0 bridgehead atoms. The first-order valence-electron chi connectivity index (χ1n) is 5.43. The third kappa shape index (κ3) is 2.02. The van der Waals surface area contributed by atoms with Gasteiger partial charge in [-0.2, -0.15) is 4.98 Å². The Labute approximate surface area is 94.8 Å². The fourth-order valence-corrected chi connectivity index (χ4v) is 1.69. The Bertz CT molecular complexity index is 465. The molecule has 0 spiro atoms. The van der Waals surface area contributed by atoms with Crippen molar-refractivity contribution in [3.05, 3.63) is 24.3 Å². The standard InChI is InChI=1S/C12H16N2O2/c1-3-16-12-13-10-6-4-5-7-11(10)14(12)8-9-15-2/h4-7H,3,8-9H2,1-2H3. The Morgan fingerprint density at radius 3 is 2.88 bits per heavy atom. The van der Waals surface area contributed by atoms with Crippen molar-refractivity contribution in [2.45, 2.75) is 13.5 Å². The Morgan fingerprint density at radius 1 is 1.31 bits per heavy atom. The Kier molecular flexibility index (Phi) is 3.41. The average Bonchev–Trinajstić information content (AvgIpc) is 2.65. The normalized spacial score (nSPS) is 10.9. The van der Waals surface area contributed by atoms with Gasteiger partial charge < -0.3 is 9.47 Å². The van der Waals surface area contributed by atoms with Gasteiger partial charge in [-0.3, -0.25) is 4.57 Å². The van der Waals surface area contributed by atoms with Crippen LogP contribution in [0.1, 0.15) is 6.92 Å². The molecule has 0 saturated heterocycles. The summed E-state index contributed by atoms with van der Waals surface area (Å²) in [6, 6.07) is 8.68. The minimum Gasteiger partial charge on any atom is -0.465 e. The summed E-state index contributed by atoms with van der Waals surface area (Å²) in [5.74, 6) is 0. The number of imidazole rings is 1. The highest BCUT2D eigenvalue weighted by molar-refractivity contribution is 5.76. The number of fused-ring (bicyclic) bond motifs is 1. The van der Waals surface area contributed by atoms with Gasteiger partial charge >= 0.3 is 0 Å². The lowest BCUT2D eigenvalue weighted by Gasteiger charge is -2.07. The molecule has 0 N–H and O–H groups in total. The van der Waals surface area contributed by atoms with Gasteiger partial charge in [0.2, 0.25) is 0 Å². The van der Waals surface area contributed by atoms with Gasteiger partial charge in [-0.15, -0.1) is 0 Å². The molecule has 0 aliphatic carbocycles. The smallest absolute Gasteiger partial charge is 0.297 e. The molecule has 0 aliphatic rings. The summed E-state index contributed by atoms with van der Waals surface area (Å²) in [6.45, 7) is 3.99. The van der Waals surface area contributed by atoms with Gasteiger partial charge in [0.15, 0.2) is 0 Å². The monoisotopic (exact) mass is 220 g/mol. The summed E-state index contributed by atoms with van der Waals surface area (Å²) in [5, 5.41) is 0. The zero-order chi connectivity index (χ0) is 11.4. The van der Waals surface area contributed by atoms with E-state index in [1.807, 2.05) is 35.8 Å². The average molecular weight is 220 g/mol. The van der Waals surface area contributed by atoms with Crippen LogP contribution in [0, 0.1) is 0 Å². The molecule has 1 aromatic heterocycles. The third-order valence-corrected chi connectivity index (χ3v) is 2.41. The maximum absolute atomic E-state index is 5.52. The molecular formula is C12H16N2O2. The molecule has 4 nitrogen and oxygen atoms in total. The van der Waals surface area contributed by atoms with Crippen molar-refractivity contribution in [3.63, 3.8) is 0 Å². The lowest BCUT2D eigenvalue weighted by molar-refractivity contribution is 0.182. The molecule has 0 saturated carbocycles. The minimum atomic E-state index is 0.621. The van der Waals surface area contributed by atoms with Crippen LogP contribution in [0.4, 0.5) is 0 Å². The van der Waals surface area contributed by atoms with Crippen molar-refractivity contribution in [1.29, 1.82) is 0 Å². The first-order chi connectivity index (χ1) is 7.86. The number of rotatable bonds is 5. The van der Waals surface area contributed by atoms with Crippen LogP contribution in [0.25, 0.3) is 11.0 Å². The van der Waals surface area contributed by atoms with E-state index in [0.717, 1.165) is 17.6 Å². The Morgan fingerprint density at radius 2 is 2.12 bits per heavy atom. The van der Waals surface area contributed by atoms with E-state index in [2.05, 4.69) is 4.98 Å². The number of nitrogens with zero attached hydrogens (tertiary/aromatic N) is 2. The van der Waals surface area contributed by atoms with Crippen molar-refractivity contribution < 1.29 is 9.47 Å². The number of methoxy groups -OCH3 is 1. The molecule has 0 unspecified atom stereocenters. The summed E-state index contributed by atoms with van der Waals surface area (Å²) in [7, 11) is 1.69. The van der Waals surface area contributed by atoms with Crippen LogP contribution in [0.3, 0.4) is 0 Å². The maximum atomic E-state index is 5.52. The zero-order valence-electron chi connectivity index (χ0n) is 9.64. The molecule has 0 radical (unpaired) electrons. The fourth-order valence-electron chi connectivity index (χ4n) is 1.69. The van der Waals surface area contributed by atoms with Crippen LogP contribution in [0.15, 0.2) is 24.3 Å². The van der Waals surface area contributed by atoms with Crippen LogP contribution >= 0.6 is 0 Å². The summed E-state index contributed by atoms with van der Waals surface area (Å²) < 4.78 is 12.7. The lowest BCUT2D eigenvalue weighted by atomic mass is 10.3. The van der Waals surface area contributed by atoms with E-state index < -0.39 is 0 Å². The molecule has 0 atom stereocenters. The van der Waals surface area contributed by atoms with E-state index >= 15 is 0 Å². The van der Waals surface area contributed by atoms with Gasteiger partial charge in [0, 0.05) is 7.11 Å². The Balaban J connectivity index is 2.42. The van der Waals surface area contributed by atoms with Gasteiger partial charge in [-0.05, 0) is 19.1 Å². The van der Waals surface area contributed by atoms with Crippen LogP contribution in [-0.2, 0) is 11.3 Å². The van der Waals surface area contributed by atoms with Gasteiger partial charge in [-0.1, -0.05) is 12.1 Å². The molecule has 1 aromatic carbocycles. The predicted octanol–water partition coefficient (Wildman–Crippen LogP) is 2.08. The van der Waals surface area contributed by atoms with Crippen molar-refractivity contribution >= 4 is 11.0 Å². The van der Waals surface area contributed by atoms with Gasteiger partial charge in [0.05, 0.1) is 30.8 Å². The van der Waals surface area contributed by atoms with Crippen LogP contribution in [0.2, 0.25) is 0 Å². The molecule has 4 heteroatoms. The Hall–Kier alpha value is -1.55. The molecule has 86 valence electrons. The van der Waals surface area contributed by atoms with Gasteiger partial charge in [0.1, 0.15) is 0 Å². The zero-order valence-corrected chi connectivity index (χ0v) is 9.64. The van der Waals surface area contributed by atoms with E-state index in [-0.39, 0.29) is 0 Å². The quantitative estimate of drug-likeness (QED) is 0.774. The number of hydrogen-bond donors (Lipinski definition) is 0. The van der Waals surface area contributed by atoms with Gasteiger partial charge in [0.25, 0.3) is 6.01 Å². The topological polar surface area (TPSA) is 36.3 Å². The summed E-state index contributed by atoms with van der Waals surface area (Å²) in [5.41, 5.74) is 2.05. The lowest BCUT2D eigenvalue weighted by Crippen LogP contribution is -2.07. The highest BCUT2D eigenvalue weighted by Crippen LogP contribution is 2.20. The van der Waals surface area contributed by atoms with Crippen molar-refractivity contribution in [1.82, 2.24) is 9.55 Å². The number of aromatic nitrogens is 2. The summed E-state index contributed by atoms with van der Waals surface area (Å²) in [6.07, 6.45) is 0. The van der Waals surface area contributed by atoms with E-state index in [0.29, 0.717) is 19.2 Å². The minimum absolute atomic E-state index is 0.621. The molecule has 0 aliphatic heterocycles. The van der Waals surface area contributed by atoms with Gasteiger partial charge in [-0.25, -0.2) is 0 Å². The first kappa shape index (κ1) is 11.0. The van der Waals surface area contributed by atoms with Crippen molar-refractivity contribution in [3.8, 4) is 6.01 Å². The third-order valence-electron chi connectivity index (χ3n) is 2.41. The molecule has 1 heterocycles. The second-order valence-corrected chi connectivity index (χ2v) is 3.46. The molecule has 0 fully saturated rings.